The third kappa shape index (κ3) is 4.80. The smallest absolute Gasteiger partial charge is 0.224 e. The second-order valence-corrected chi connectivity index (χ2v) is 4.72. The van der Waals surface area contributed by atoms with Gasteiger partial charge in [-0.15, -0.1) is 0 Å². The SMILES string of the molecule is Cc1cccc(OCCC(=O)NC(CO)(CO)CO)c1. The van der Waals surface area contributed by atoms with Gasteiger partial charge in [-0.25, -0.2) is 0 Å². The van der Waals surface area contributed by atoms with Crippen LogP contribution in [0.5, 0.6) is 5.75 Å². The molecule has 0 aliphatic rings. The summed E-state index contributed by atoms with van der Waals surface area (Å²) in [6.45, 7) is 0.505. The Labute approximate surface area is 118 Å². The van der Waals surface area contributed by atoms with Crippen molar-refractivity contribution in [1.82, 2.24) is 5.32 Å². The van der Waals surface area contributed by atoms with Gasteiger partial charge in [0.25, 0.3) is 0 Å². The van der Waals surface area contributed by atoms with E-state index < -0.39 is 31.3 Å². The number of aliphatic hydroxyl groups is 3. The van der Waals surface area contributed by atoms with Crippen LogP contribution in [0.1, 0.15) is 12.0 Å². The van der Waals surface area contributed by atoms with Gasteiger partial charge in [-0.3, -0.25) is 4.79 Å². The molecule has 112 valence electrons. The molecule has 0 radical (unpaired) electrons. The number of aliphatic hydroxyl groups excluding tert-OH is 3. The molecule has 0 spiro atoms. The van der Waals surface area contributed by atoms with Crippen LogP contribution in [0.4, 0.5) is 0 Å². The number of hydrogen-bond donors (Lipinski definition) is 4. The standard InChI is InChI=1S/C14H21NO5/c1-11-3-2-4-12(7-11)20-6-5-13(19)15-14(8-16,9-17)10-18/h2-4,7,16-18H,5-6,8-10H2,1H3,(H,15,19). The summed E-state index contributed by atoms with van der Waals surface area (Å²) in [5, 5.41) is 29.7. The van der Waals surface area contributed by atoms with Gasteiger partial charge in [0.05, 0.1) is 32.8 Å². The molecule has 0 aromatic heterocycles. The second kappa shape index (κ2) is 7.84. The van der Waals surface area contributed by atoms with Crippen LogP contribution in [0.2, 0.25) is 0 Å². The highest BCUT2D eigenvalue weighted by molar-refractivity contribution is 5.77. The van der Waals surface area contributed by atoms with Gasteiger partial charge in [0.1, 0.15) is 11.3 Å². The summed E-state index contributed by atoms with van der Waals surface area (Å²) < 4.78 is 5.42. The normalized spacial score (nSPS) is 11.2. The molecule has 0 unspecified atom stereocenters. The fourth-order valence-electron chi connectivity index (χ4n) is 1.59. The maximum Gasteiger partial charge on any atom is 0.224 e. The third-order valence-electron chi connectivity index (χ3n) is 2.90. The number of nitrogens with one attached hydrogen (secondary N) is 1. The molecule has 0 bridgehead atoms. The summed E-state index contributed by atoms with van der Waals surface area (Å²) in [4.78, 5) is 11.7. The lowest BCUT2D eigenvalue weighted by molar-refractivity contribution is -0.125. The average Bonchev–Trinajstić information content (AvgIpc) is 2.45. The van der Waals surface area contributed by atoms with Crippen LogP contribution in [0.25, 0.3) is 0 Å². The van der Waals surface area contributed by atoms with E-state index >= 15 is 0 Å². The number of benzene rings is 1. The Bertz CT molecular complexity index is 423. The van der Waals surface area contributed by atoms with Crippen molar-refractivity contribution >= 4 is 5.91 Å². The highest BCUT2D eigenvalue weighted by Crippen LogP contribution is 2.12. The predicted octanol–water partition coefficient (Wildman–Crippen LogP) is -0.404. The van der Waals surface area contributed by atoms with Gasteiger partial charge in [0.2, 0.25) is 5.91 Å². The molecule has 20 heavy (non-hydrogen) atoms. The molecule has 1 aromatic rings. The van der Waals surface area contributed by atoms with Crippen molar-refractivity contribution in [3.05, 3.63) is 29.8 Å². The zero-order valence-electron chi connectivity index (χ0n) is 11.5. The Kier molecular flexibility index (Phi) is 6.44. The van der Waals surface area contributed by atoms with Crippen LogP contribution in [0, 0.1) is 6.92 Å². The summed E-state index contributed by atoms with van der Waals surface area (Å²) in [6.07, 6.45) is 0.0652. The number of aryl methyl sites for hydroxylation is 1. The van der Waals surface area contributed by atoms with Crippen molar-refractivity contribution < 1.29 is 24.9 Å². The molecule has 0 fully saturated rings. The van der Waals surface area contributed by atoms with Crippen LogP contribution in [-0.2, 0) is 4.79 Å². The van der Waals surface area contributed by atoms with E-state index in [-0.39, 0.29) is 13.0 Å². The Morgan fingerprint density at radius 3 is 2.45 bits per heavy atom. The van der Waals surface area contributed by atoms with Crippen molar-refractivity contribution in [2.24, 2.45) is 0 Å². The van der Waals surface area contributed by atoms with Crippen molar-refractivity contribution in [2.45, 2.75) is 18.9 Å². The van der Waals surface area contributed by atoms with E-state index in [0.29, 0.717) is 5.75 Å². The van der Waals surface area contributed by atoms with Crippen molar-refractivity contribution in [2.75, 3.05) is 26.4 Å². The van der Waals surface area contributed by atoms with Gasteiger partial charge in [-0.1, -0.05) is 12.1 Å². The van der Waals surface area contributed by atoms with Gasteiger partial charge in [-0.2, -0.15) is 0 Å². The van der Waals surface area contributed by atoms with E-state index in [2.05, 4.69) is 5.32 Å². The number of amides is 1. The topological polar surface area (TPSA) is 99.0 Å². The monoisotopic (exact) mass is 283 g/mol. The van der Waals surface area contributed by atoms with Crippen LogP contribution >= 0.6 is 0 Å². The third-order valence-corrected chi connectivity index (χ3v) is 2.90. The van der Waals surface area contributed by atoms with Crippen LogP contribution in [0.15, 0.2) is 24.3 Å². The van der Waals surface area contributed by atoms with E-state index in [1.54, 1.807) is 6.07 Å². The first-order valence-electron chi connectivity index (χ1n) is 6.38. The molecule has 6 heteroatoms. The second-order valence-electron chi connectivity index (χ2n) is 4.72. The van der Waals surface area contributed by atoms with Crippen molar-refractivity contribution in [3.63, 3.8) is 0 Å². The molecule has 6 nitrogen and oxygen atoms in total. The van der Waals surface area contributed by atoms with Crippen molar-refractivity contribution in [3.8, 4) is 5.75 Å². The average molecular weight is 283 g/mol. The van der Waals surface area contributed by atoms with Gasteiger partial charge >= 0.3 is 0 Å². The molecule has 1 aromatic carbocycles. The van der Waals surface area contributed by atoms with Crippen LogP contribution in [0.3, 0.4) is 0 Å². The Morgan fingerprint density at radius 2 is 1.90 bits per heavy atom. The highest BCUT2D eigenvalue weighted by Gasteiger charge is 2.29. The molecule has 1 rings (SSSR count). The lowest BCUT2D eigenvalue weighted by Gasteiger charge is -2.28. The maximum atomic E-state index is 11.7. The summed E-state index contributed by atoms with van der Waals surface area (Å²) in [5.41, 5.74) is -0.327. The quantitative estimate of drug-likeness (QED) is 0.520. The molecule has 0 aliphatic heterocycles. The first-order chi connectivity index (χ1) is 9.55. The predicted molar refractivity (Wildman–Crippen MR) is 73.4 cm³/mol. The highest BCUT2D eigenvalue weighted by atomic mass is 16.5. The zero-order valence-corrected chi connectivity index (χ0v) is 11.5. The van der Waals surface area contributed by atoms with E-state index in [9.17, 15) is 4.79 Å². The van der Waals surface area contributed by atoms with E-state index in [0.717, 1.165) is 5.56 Å². The summed E-state index contributed by atoms with van der Waals surface area (Å²) in [6, 6.07) is 7.46. The van der Waals surface area contributed by atoms with E-state index in [1.165, 1.54) is 0 Å². The first kappa shape index (κ1) is 16.4. The largest absolute Gasteiger partial charge is 0.493 e. The molecule has 0 atom stereocenters. The lowest BCUT2D eigenvalue weighted by atomic mass is 10.0. The molecule has 0 heterocycles. The Hall–Kier alpha value is -1.63. The van der Waals surface area contributed by atoms with Gasteiger partial charge in [0.15, 0.2) is 0 Å². The number of carbonyl (C=O) groups is 1. The van der Waals surface area contributed by atoms with Gasteiger partial charge in [-0.05, 0) is 24.6 Å². The molecule has 0 saturated heterocycles. The van der Waals surface area contributed by atoms with E-state index in [4.69, 9.17) is 20.1 Å². The first-order valence-corrected chi connectivity index (χ1v) is 6.38. The fourth-order valence-corrected chi connectivity index (χ4v) is 1.59. The summed E-state index contributed by atoms with van der Waals surface area (Å²) in [5.74, 6) is 0.269. The molecular formula is C14H21NO5. The number of carbonyl (C=O) groups excluding carboxylic acids is 1. The van der Waals surface area contributed by atoms with E-state index in [1.807, 2.05) is 25.1 Å². The molecule has 0 aliphatic carbocycles. The van der Waals surface area contributed by atoms with Crippen LogP contribution in [-0.4, -0.2) is 53.2 Å². The molecule has 0 saturated carbocycles. The fraction of sp³-hybridized carbons (Fsp3) is 0.500. The molecule has 4 N–H and O–H groups in total. The van der Waals surface area contributed by atoms with Gasteiger partial charge in [0, 0.05) is 0 Å². The summed E-state index contributed by atoms with van der Waals surface area (Å²) >= 11 is 0. The number of ether oxygens (including phenoxy) is 1. The Balaban J connectivity index is 2.40. The van der Waals surface area contributed by atoms with Crippen molar-refractivity contribution in [1.29, 1.82) is 0 Å². The number of rotatable bonds is 8. The molecule has 1 amide bonds. The van der Waals surface area contributed by atoms with Crippen LogP contribution < -0.4 is 10.1 Å². The Morgan fingerprint density at radius 1 is 1.25 bits per heavy atom. The molecular weight excluding hydrogens is 262 g/mol. The van der Waals surface area contributed by atoms with Gasteiger partial charge < -0.3 is 25.4 Å². The zero-order chi connectivity index (χ0) is 15.0. The lowest BCUT2D eigenvalue weighted by Crippen LogP contribution is -2.57. The number of hydrogen-bond acceptors (Lipinski definition) is 5. The maximum absolute atomic E-state index is 11.7. The minimum Gasteiger partial charge on any atom is -0.493 e. The minimum atomic E-state index is -1.39. The summed E-state index contributed by atoms with van der Waals surface area (Å²) in [7, 11) is 0. The minimum absolute atomic E-state index is 0.0652.